The highest BCUT2D eigenvalue weighted by atomic mass is 14.9. The van der Waals surface area contributed by atoms with Crippen LogP contribution in [0.3, 0.4) is 0 Å². The van der Waals surface area contributed by atoms with Crippen LogP contribution in [0.2, 0.25) is 0 Å². The van der Waals surface area contributed by atoms with Crippen LogP contribution in [-0.4, -0.2) is 0 Å². The Bertz CT molecular complexity index is 1370. The van der Waals surface area contributed by atoms with Gasteiger partial charge >= 0.3 is 0 Å². The molecule has 1 aromatic heterocycles. The van der Waals surface area contributed by atoms with Gasteiger partial charge in [-0.2, -0.15) is 0 Å². The zero-order valence-corrected chi connectivity index (χ0v) is 22.1. The van der Waals surface area contributed by atoms with Crippen LogP contribution in [0.5, 0.6) is 0 Å². The zero-order chi connectivity index (χ0) is 24.5. The maximum atomic E-state index is 2.48. The molecule has 3 aromatic carbocycles. The first-order valence-electron chi connectivity index (χ1n) is 14.3. The third kappa shape index (κ3) is 4.61. The highest BCUT2D eigenvalue weighted by Crippen LogP contribution is 2.40. The number of pyridine rings is 1. The van der Waals surface area contributed by atoms with Crippen molar-refractivity contribution in [2.45, 2.75) is 83.0 Å². The van der Waals surface area contributed by atoms with Gasteiger partial charge in [0.2, 0.25) is 5.69 Å². The molecule has 0 amide bonds. The molecule has 0 N–H and O–H groups in total. The SMILES string of the molecule is Cc1ccccc1-c1cc(-c2ccc3cc(C4CCCCC4)ccc3c2)c(C2CCCCC2)c[n+]1C. The number of rotatable bonds is 4. The lowest BCUT2D eigenvalue weighted by molar-refractivity contribution is -0.660. The topological polar surface area (TPSA) is 3.88 Å². The van der Waals surface area contributed by atoms with E-state index in [-0.39, 0.29) is 0 Å². The van der Waals surface area contributed by atoms with E-state index >= 15 is 0 Å². The first kappa shape index (κ1) is 23.5. The molecule has 1 heteroatoms. The second-order valence-corrected chi connectivity index (χ2v) is 11.4. The molecule has 184 valence electrons. The van der Waals surface area contributed by atoms with E-state index in [9.17, 15) is 0 Å². The molecular formula is C35H40N+. The molecule has 0 atom stereocenters. The molecular weight excluding hydrogens is 434 g/mol. The second kappa shape index (κ2) is 10.2. The monoisotopic (exact) mass is 474 g/mol. The van der Waals surface area contributed by atoms with Gasteiger partial charge in [-0.05, 0) is 89.6 Å². The largest absolute Gasteiger partial charge is 0.213 e. The predicted molar refractivity (Wildman–Crippen MR) is 152 cm³/mol. The molecule has 36 heavy (non-hydrogen) atoms. The fourth-order valence-corrected chi connectivity index (χ4v) is 6.91. The van der Waals surface area contributed by atoms with Crippen molar-refractivity contribution in [3.63, 3.8) is 0 Å². The molecule has 0 unspecified atom stereocenters. The minimum Gasteiger partial charge on any atom is -0.201 e. The number of nitrogens with zero attached hydrogens (tertiary/aromatic N) is 1. The molecule has 0 bridgehead atoms. The van der Waals surface area contributed by atoms with E-state index in [2.05, 4.69) is 91.5 Å². The quantitative estimate of drug-likeness (QED) is 0.259. The number of hydrogen-bond donors (Lipinski definition) is 0. The molecule has 4 aromatic rings. The molecule has 0 radical (unpaired) electrons. The van der Waals surface area contributed by atoms with Crippen LogP contribution in [0.4, 0.5) is 0 Å². The minimum absolute atomic E-state index is 0.662. The average molecular weight is 475 g/mol. The summed E-state index contributed by atoms with van der Waals surface area (Å²) in [6, 6.07) is 25.7. The van der Waals surface area contributed by atoms with E-state index in [1.54, 1.807) is 5.56 Å². The smallest absolute Gasteiger partial charge is 0.201 e. The molecule has 6 rings (SSSR count). The third-order valence-electron chi connectivity index (χ3n) is 9.02. The van der Waals surface area contributed by atoms with Crippen molar-refractivity contribution in [1.29, 1.82) is 0 Å². The summed E-state index contributed by atoms with van der Waals surface area (Å²) in [5.41, 5.74) is 9.84. The van der Waals surface area contributed by atoms with Crippen molar-refractivity contribution < 1.29 is 4.57 Å². The van der Waals surface area contributed by atoms with Gasteiger partial charge in [0, 0.05) is 17.2 Å². The molecule has 2 aliphatic rings. The predicted octanol–water partition coefficient (Wildman–Crippen LogP) is 9.40. The molecule has 0 aliphatic heterocycles. The fourth-order valence-electron chi connectivity index (χ4n) is 6.91. The van der Waals surface area contributed by atoms with Crippen LogP contribution < -0.4 is 4.57 Å². The Morgan fingerprint density at radius 3 is 2.06 bits per heavy atom. The molecule has 1 nitrogen and oxygen atoms in total. The molecule has 0 spiro atoms. The van der Waals surface area contributed by atoms with E-state index in [1.807, 2.05) is 0 Å². The number of fused-ring (bicyclic) bond motifs is 1. The number of aryl methyl sites for hydroxylation is 2. The maximum absolute atomic E-state index is 2.48. The Morgan fingerprint density at radius 1 is 0.639 bits per heavy atom. The highest BCUT2D eigenvalue weighted by Gasteiger charge is 2.25. The molecule has 2 fully saturated rings. The Balaban J connectivity index is 1.45. The van der Waals surface area contributed by atoms with Crippen molar-refractivity contribution in [2.24, 2.45) is 7.05 Å². The van der Waals surface area contributed by atoms with E-state index in [0.717, 1.165) is 5.92 Å². The average Bonchev–Trinajstić information content (AvgIpc) is 2.94. The van der Waals surface area contributed by atoms with Gasteiger partial charge in [-0.1, -0.05) is 87.1 Å². The Hall–Kier alpha value is -2.93. The van der Waals surface area contributed by atoms with Crippen molar-refractivity contribution >= 4 is 10.8 Å². The normalized spacial score (nSPS) is 17.5. The van der Waals surface area contributed by atoms with Gasteiger partial charge in [0.15, 0.2) is 6.20 Å². The number of aromatic nitrogens is 1. The highest BCUT2D eigenvalue weighted by molar-refractivity contribution is 5.89. The number of benzene rings is 3. The van der Waals surface area contributed by atoms with Crippen LogP contribution in [0.1, 0.15) is 92.7 Å². The van der Waals surface area contributed by atoms with Crippen LogP contribution in [0.25, 0.3) is 33.2 Å². The Kier molecular flexibility index (Phi) is 6.65. The summed E-state index contributed by atoms with van der Waals surface area (Å²) in [6.07, 6.45) is 16.1. The van der Waals surface area contributed by atoms with E-state index in [0.29, 0.717) is 5.92 Å². The van der Waals surface area contributed by atoms with Gasteiger partial charge in [0.1, 0.15) is 7.05 Å². The minimum atomic E-state index is 0.662. The van der Waals surface area contributed by atoms with Crippen molar-refractivity contribution in [2.75, 3.05) is 0 Å². The standard InChI is InChI=1S/C35H40N/c1-25-11-9-10-16-32(25)35-23-33(34(24-36(35)2)27-14-7-4-8-15-27)31-20-19-29-21-28(17-18-30(29)22-31)26-12-5-3-6-13-26/h9-11,16-24,26-27H,3-8,12-15H2,1-2H3/q+1. The number of hydrogen-bond acceptors (Lipinski definition) is 0. The van der Waals surface area contributed by atoms with Crippen molar-refractivity contribution in [1.82, 2.24) is 0 Å². The second-order valence-electron chi connectivity index (χ2n) is 11.4. The summed E-state index contributed by atoms with van der Waals surface area (Å²) >= 11 is 0. The fraction of sp³-hybridized carbons (Fsp3) is 0.400. The van der Waals surface area contributed by atoms with Crippen LogP contribution >= 0.6 is 0 Å². The molecule has 0 saturated heterocycles. The first-order chi connectivity index (χ1) is 17.7. The van der Waals surface area contributed by atoms with Gasteiger partial charge in [0.05, 0.1) is 0 Å². The van der Waals surface area contributed by atoms with Crippen molar-refractivity contribution in [3.05, 3.63) is 89.6 Å². The zero-order valence-electron chi connectivity index (χ0n) is 22.1. The lowest BCUT2D eigenvalue weighted by atomic mass is 9.80. The van der Waals surface area contributed by atoms with E-state index in [1.165, 1.54) is 108 Å². The van der Waals surface area contributed by atoms with Crippen LogP contribution in [0.15, 0.2) is 72.9 Å². The van der Waals surface area contributed by atoms with Gasteiger partial charge in [0.25, 0.3) is 0 Å². The van der Waals surface area contributed by atoms with Crippen LogP contribution in [-0.2, 0) is 7.05 Å². The molecule has 2 aliphatic carbocycles. The summed E-state index contributed by atoms with van der Waals surface area (Å²) in [7, 11) is 2.23. The lowest BCUT2D eigenvalue weighted by Gasteiger charge is -2.24. The first-order valence-corrected chi connectivity index (χ1v) is 14.3. The van der Waals surface area contributed by atoms with Crippen LogP contribution in [0, 0.1) is 6.92 Å². The summed E-state index contributed by atoms with van der Waals surface area (Å²) in [5.74, 6) is 1.42. The van der Waals surface area contributed by atoms with Gasteiger partial charge in [-0.3, -0.25) is 0 Å². The molecule has 2 saturated carbocycles. The van der Waals surface area contributed by atoms with E-state index in [4.69, 9.17) is 0 Å². The van der Waals surface area contributed by atoms with Crippen molar-refractivity contribution in [3.8, 4) is 22.4 Å². The lowest BCUT2D eigenvalue weighted by Crippen LogP contribution is -2.32. The maximum Gasteiger partial charge on any atom is 0.213 e. The van der Waals surface area contributed by atoms with Gasteiger partial charge in [-0.25, -0.2) is 4.57 Å². The van der Waals surface area contributed by atoms with E-state index < -0.39 is 0 Å². The van der Waals surface area contributed by atoms with Gasteiger partial charge in [-0.15, -0.1) is 0 Å². The third-order valence-corrected chi connectivity index (χ3v) is 9.02. The molecule has 1 heterocycles. The van der Waals surface area contributed by atoms with Gasteiger partial charge < -0.3 is 0 Å². The summed E-state index contributed by atoms with van der Waals surface area (Å²) in [5, 5.41) is 2.76. The summed E-state index contributed by atoms with van der Waals surface area (Å²) in [6.45, 7) is 2.23. The summed E-state index contributed by atoms with van der Waals surface area (Å²) < 4.78 is 2.37. The Labute approximate surface area is 217 Å². The summed E-state index contributed by atoms with van der Waals surface area (Å²) in [4.78, 5) is 0. The Morgan fingerprint density at radius 2 is 1.31 bits per heavy atom.